The van der Waals surface area contributed by atoms with E-state index in [1.54, 1.807) is 12.1 Å². The summed E-state index contributed by atoms with van der Waals surface area (Å²) in [7, 11) is 0. The van der Waals surface area contributed by atoms with Gasteiger partial charge in [-0.1, -0.05) is 12.1 Å². The molecule has 2 unspecified atom stereocenters. The first-order valence-electron chi connectivity index (χ1n) is 7.16. The van der Waals surface area contributed by atoms with Crippen LogP contribution in [0.1, 0.15) is 31.5 Å². The van der Waals surface area contributed by atoms with Crippen LogP contribution in [0.4, 0.5) is 8.78 Å². The number of nitrogens with one attached hydrogen (secondary N) is 1. The van der Waals surface area contributed by atoms with E-state index in [4.69, 9.17) is 0 Å². The lowest BCUT2D eigenvalue weighted by Crippen LogP contribution is -2.32. The summed E-state index contributed by atoms with van der Waals surface area (Å²) >= 11 is 0. The Balaban J connectivity index is 1.75. The molecule has 1 heterocycles. The number of carbonyl (C=O) groups excluding carboxylic acids is 1. The predicted octanol–water partition coefficient (Wildman–Crippen LogP) is 2.52. The van der Waals surface area contributed by atoms with Crippen LogP contribution in [0, 0.1) is 5.92 Å². The summed E-state index contributed by atoms with van der Waals surface area (Å²) in [5, 5.41) is 3.25. The fraction of sp³-hybridized carbons (Fsp3) is 0.533. The van der Waals surface area contributed by atoms with Crippen molar-refractivity contribution in [3.8, 4) is 5.75 Å². The number of hydrogen-bond acceptors (Lipinski definition) is 3. The third-order valence-electron chi connectivity index (χ3n) is 3.95. The van der Waals surface area contributed by atoms with Crippen LogP contribution in [0.25, 0.3) is 0 Å². The number of rotatable bonds is 5. The Kier molecular flexibility index (Phi) is 3.80. The molecule has 1 aliphatic heterocycles. The molecule has 1 saturated carbocycles. The van der Waals surface area contributed by atoms with Crippen LogP contribution in [0.2, 0.25) is 0 Å². The van der Waals surface area contributed by atoms with Gasteiger partial charge in [-0.3, -0.25) is 10.1 Å². The quantitative estimate of drug-likeness (QED) is 0.908. The van der Waals surface area contributed by atoms with E-state index in [1.807, 2.05) is 11.8 Å². The van der Waals surface area contributed by atoms with Gasteiger partial charge in [0.2, 0.25) is 5.91 Å². The zero-order chi connectivity index (χ0) is 15.0. The zero-order valence-electron chi connectivity index (χ0n) is 11.8. The van der Waals surface area contributed by atoms with E-state index < -0.39 is 6.61 Å². The van der Waals surface area contributed by atoms with E-state index >= 15 is 0 Å². The summed E-state index contributed by atoms with van der Waals surface area (Å²) in [6.45, 7) is -0.222. The monoisotopic (exact) mass is 296 g/mol. The van der Waals surface area contributed by atoms with Gasteiger partial charge in [-0.15, -0.1) is 0 Å². The van der Waals surface area contributed by atoms with Crippen LogP contribution in [0.15, 0.2) is 24.3 Å². The molecule has 1 N–H and O–H groups in total. The second-order valence-electron chi connectivity index (χ2n) is 5.67. The largest absolute Gasteiger partial charge is 0.435 e. The van der Waals surface area contributed by atoms with E-state index in [-0.39, 0.29) is 23.9 Å². The highest BCUT2D eigenvalue weighted by molar-refractivity contribution is 5.84. The summed E-state index contributed by atoms with van der Waals surface area (Å²) in [4.78, 5) is 14.1. The van der Waals surface area contributed by atoms with Gasteiger partial charge in [0.1, 0.15) is 11.9 Å². The minimum atomic E-state index is -2.83. The fourth-order valence-corrected chi connectivity index (χ4v) is 2.66. The number of carbonyl (C=O) groups is 1. The SMILES string of the molecule is CC1NC(c2ccc(OC(F)F)cc2)N(CC2CC2)C1=O. The third kappa shape index (κ3) is 3.15. The normalized spacial score (nSPS) is 25.7. The van der Waals surface area contributed by atoms with Crippen molar-refractivity contribution in [2.75, 3.05) is 6.54 Å². The second-order valence-corrected chi connectivity index (χ2v) is 5.67. The molecule has 4 nitrogen and oxygen atoms in total. The highest BCUT2D eigenvalue weighted by atomic mass is 19.3. The van der Waals surface area contributed by atoms with Gasteiger partial charge in [-0.25, -0.2) is 0 Å². The number of hydrogen-bond donors (Lipinski definition) is 1. The van der Waals surface area contributed by atoms with Crippen molar-refractivity contribution in [1.82, 2.24) is 10.2 Å². The Morgan fingerprint density at radius 2 is 2.00 bits per heavy atom. The number of amides is 1. The van der Waals surface area contributed by atoms with Gasteiger partial charge in [0.15, 0.2) is 0 Å². The Morgan fingerprint density at radius 1 is 1.33 bits per heavy atom. The molecular weight excluding hydrogens is 278 g/mol. The van der Waals surface area contributed by atoms with Crippen molar-refractivity contribution in [3.05, 3.63) is 29.8 Å². The van der Waals surface area contributed by atoms with E-state index in [9.17, 15) is 13.6 Å². The molecule has 0 radical (unpaired) electrons. The molecule has 21 heavy (non-hydrogen) atoms. The van der Waals surface area contributed by atoms with Crippen molar-refractivity contribution < 1.29 is 18.3 Å². The van der Waals surface area contributed by atoms with Crippen molar-refractivity contribution in [1.29, 1.82) is 0 Å². The number of benzene rings is 1. The van der Waals surface area contributed by atoms with E-state index in [0.717, 1.165) is 12.1 Å². The van der Waals surface area contributed by atoms with Gasteiger partial charge in [-0.2, -0.15) is 8.78 Å². The Labute approximate surface area is 122 Å². The summed E-state index contributed by atoms with van der Waals surface area (Å²) in [6.07, 6.45) is 2.16. The Bertz CT molecular complexity index is 517. The Hall–Kier alpha value is -1.69. The first kappa shape index (κ1) is 14.3. The van der Waals surface area contributed by atoms with Gasteiger partial charge in [0.25, 0.3) is 0 Å². The lowest BCUT2D eigenvalue weighted by Gasteiger charge is -2.24. The minimum Gasteiger partial charge on any atom is -0.435 e. The molecule has 3 rings (SSSR count). The van der Waals surface area contributed by atoms with Gasteiger partial charge in [-0.05, 0) is 43.4 Å². The lowest BCUT2D eigenvalue weighted by atomic mass is 10.1. The maximum atomic E-state index is 12.2. The highest BCUT2D eigenvalue weighted by Crippen LogP contribution is 2.35. The fourth-order valence-electron chi connectivity index (χ4n) is 2.66. The van der Waals surface area contributed by atoms with Crippen molar-refractivity contribution in [2.24, 2.45) is 5.92 Å². The molecule has 2 fully saturated rings. The molecule has 2 aliphatic rings. The van der Waals surface area contributed by atoms with E-state index in [1.165, 1.54) is 25.0 Å². The molecule has 1 aromatic carbocycles. The van der Waals surface area contributed by atoms with Gasteiger partial charge >= 0.3 is 6.61 Å². The molecule has 1 aliphatic carbocycles. The maximum absolute atomic E-state index is 12.2. The summed E-state index contributed by atoms with van der Waals surface area (Å²) < 4.78 is 28.6. The topological polar surface area (TPSA) is 41.6 Å². The van der Waals surface area contributed by atoms with Crippen molar-refractivity contribution >= 4 is 5.91 Å². The predicted molar refractivity (Wildman–Crippen MR) is 72.8 cm³/mol. The van der Waals surface area contributed by atoms with Crippen LogP contribution in [0.3, 0.4) is 0 Å². The molecule has 0 aromatic heterocycles. The van der Waals surface area contributed by atoms with Gasteiger partial charge < -0.3 is 9.64 Å². The molecule has 0 spiro atoms. The first-order chi connectivity index (χ1) is 10.0. The van der Waals surface area contributed by atoms with Crippen molar-refractivity contribution in [3.63, 3.8) is 0 Å². The molecule has 1 saturated heterocycles. The molecule has 1 aromatic rings. The van der Waals surface area contributed by atoms with Crippen LogP contribution in [-0.4, -0.2) is 30.0 Å². The summed E-state index contributed by atoms with van der Waals surface area (Å²) in [5.41, 5.74) is 0.884. The van der Waals surface area contributed by atoms with Crippen LogP contribution in [0.5, 0.6) is 5.75 Å². The zero-order valence-corrected chi connectivity index (χ0v) is 11.8. The maximum Gasteiger partial charge on any atom is 0.387 e. The van der Waals surface area contributed by atoms with E-state index in [0.29, 0.717) is 5.92 Å². The third-order valence-corrected chi connectivity index (χ3v) is 3.95. The average Bonchev–Trinajstić information content (AvgIpc) is 3.21. The van der Waals surface area contributed by atoms with Gasteiger partial charge in [0, 0.05) is 6.54 Å². The van der Waals surface area contributed by atoms with Crippen LogP contribution in [-0.2, 0) is 4.79 Å². The smallest absolute Gasteiger partial charge is 0.387 e. The van der Waals surface area contributed by atoms with E-state index in [2.05, 4.69) is 10.1 Å². The summed E-state index contributed by atoms with van der Waals surface area (Å²) in [6, 6.07) is 6.24. The van der Waals surface area contributed by atoms with Crippen molar-refractivity contribution in [2.45, 2.75) is 38.6 Å². The minimum absolute atomic E-state index is 0.0970. The average molecular weight is 296 g/mol. The number of halogens is 2. The number of ether oxygens (including phenoxy) is 1. The molecule has 1 amide bonds. The Morgan fingerprint density at radius 3 is 2.57 bits per heavy atom. The molecule has 0 bridgehead atoms. The lowest BCUT2D eigenvalue weighted by molar-refractivity contribution is -0.130. The van der Waals surface area contributed by atoms with Gasteiger partial charge in [0.05, 0.1) is 6.04 Å². The molecule has 6 heteroatoms. The second kappa shape index (κ2) is 5.60. The molecular formula is C15H18F2N2O2. The summed E-state index contributed by atoms with van der Waals surface area (Å²) in [5.74, 6) is 0.824. The highest BCUT2D eigenvalue weighted by Gasteiger charge is 2.39. The van der Waals surface area contributed by atoms with Crippen LogP contribution < -0.4 is 10.1 Å². The number of nitrogens with zero attached hydrogens (tertiary/aromatic N) is 1. The molecule has 2 atom stereocenters. The van der Waals surface area contributed by atoms with Crippen LogP contribution >= 0.6 is 0 Å². The molecule has 114 valence electrons. The standard InChI is InChI=1S/C15H18F2N2O2/c1-9-14(20)19(8-10-2-3-10)13(18-9)11-4-6-12(7-5-11)21-15(16)17/h4-7,9-10,13,15,18H,2-3,8H2,1H3. The first-order valence-corrected chi connectivity index (χ1v) is 7.16. The number of alkyl halides is 2.